The van der Waals surface area contributed by atoms with E-state index in [1.54, 1.807) is 23.0 Å². The third kappa shape index (κ3) is 3.14. The van der Waals surface area contributed by atoms with Crippen LogP contribution in [0.5, 0.6) is 0 Å². The van der Waals surface area contributed by atoms with Gasteiger partial charge in [0.15, 0.2) is 0 Å². The number of carbonyl (C=O) groups is 1. The number of nitriles is 1. The van der Waals surface area contributed by atoms with E-state index in [0.717, 1.165) is 24.9 Å². The van der Waals surface area contributed by atoms with E-state index in [4.69, 9.17) is 5.26 Å². The number of nitrogens with zero attached hydrogens (tertiary/aromatic N) is 5. The maximum absolute atomic E-state index is 12.5. The zero-order chi connectivity index (χ0) is 15.4. The standard InChI is InChI=1S/C16H17N5O/c17-11-14-5-3-13(4-6-14)10-16(22)21-8-1-2-15(21)12-20-9-7-18-19-20/h3-7,9,15H,1-2,8,10,12H2/t15-/m0/s1. The molecule has 1 fully saturated rings. The molecule has 1 aliphatic rings. The number of carbonyl (C=O) groups excluding carboxylic acids is 1. The quantitative estimate of drug-likeness (QED) is 0.854. The molecule has 0 spiro atoms. The first-order chi connectivity index (χ1) is 10.8. The van der Waals surface area contributed by atoms with Crippen LogP contribution in [0.3, 0.4) is 0 Å². The second kappa shape index (κ2) is 6.39. The third-order valence-corrected chi connectivity index (χ3v) is 4.01. The van der Waals surface area contributed by atoms with Crippen LogP contribution >= 0.6 is 0 Å². The highest BCUT2D eigenvalue weighted by Crippen LogP contribution is 2.20. The number of rotatable bonds is 4. The first-order valence-electron chi connectivity index (χ1n) is 7.39. The molecule has 1 saturated heterocycles. The number of amides is 1. The van der Waals surface area contributed by atoms with Crippen molar-refractivity contribution in [1.82, 2.24) is 19.9 Å². The molecule has 0 N–H and O–H groups in total. The van der Waals surface area contributed by atoms with Gasteiger partial charge in [-0.25, -0.2) is 0 Å². The van der Waals surface area contributed by atoms with Crippen molar-refractivity contribution in [2.75, 3.05) is 6.54 Å². The Labute approximate surface area is 129 Å². The van der Waals surface area contributed by atoms with E-state index in [9.17, 15) is 4.79 Å². The Hall–Kier alpha value is -2.68. The molecule has 6 heteroatoms. The van der Waals surface area contributed by atoms with Crippen LogP contribution in [0.2, 0.25) is 0 Å². The molecule has 1 aliphatic heterocycles. The van der Waals surface area contributed by atoms with Crippen LogP contribution in [0.15, 0.2) is 36.7 Å². The zero-order valence-electron chi connectivity index (χ0n) is 12.2. The van der Waals surface area contributed by atoms with Crippen LogP contribution < -0.4 is 0 Å². The molecule has 2 aromatic rings. The maximum atomic E-state index is 12.5. The SMILES string of the molecule is N#Cc1ccc(CC(=O)N2CCC[C@H]2Cn2ccnn2)cc1. The molecule has 0 unspecified atom stereocenters. The molecular weight excluding hydrogens is 278 g/mol. The van der Waals surface area contributed by atoms with Crippen LogP contribution in [0, 0.1) is 11.3 Å². The van der Waals surface area contributed by atoms with Gasteiger partial charge < -0.3 is 4.90 Å². The van der Waals surface area contributed by atoms with Gasteiger partial charge in [-0.3, -0.25) is 9.48 Å². The summed E-state index contributed by atoms with van der Waals surface area (Å²) in [6, 6.07) is 9.46. The Kier molecular flexibility index (Phi) is 4.15. The number of likely N-dealkylation sites (tertiary alicyclic amines) is 1. The van der Waals surface area contributed by atoms with E-state index in [1.165, 1.54) is 0 Å². The molecule has 6 nitrogen and oxygen atoms in total. The second-order valence-corrected chi connectivity index (χ2v) is 5.49. The fourth-order valence-electron chi connectivity index (χ4n) is 2.87. The van der Waals surface area contributed by atoms with Crippen molar-refractivity contribution in [3.8, 4) is 6.07 Å². The number of benzene rings is 1. The van der Waals surface area contributed by atoms with Gasteiger partial charge in [0.1, 0.15) is 0 Å². The molecule has 0 bridgehead atoms. The highest BCUT2D eigenvalue weighted by atomic mass is 16.2. The summed E-state index contributed by atoms with van der Waals surface area (Å²) in [5.41, 5.74) is 1.55. The predicted molar refractivity (Wildman–Crippen MR) is 79.6 cm³/mol. The van der Waals surface area contributed by atoms with Gasteiger partial charge in [-0.05, 0) is 30.5 Å². The molecular formula is C16H17N5O. The van der Waals surface area contributed by atoms with Gasteiger partial charge in [-0.15, -0.1) is 5.10 Å². The van der Waals surface area contributed by atoms with Crippen LogP contribution in [-0.4, -0.2) is 38.4 Å². The topological polar surface area (TPSA) is 74.8 Å². The van der Waals surface area contributed by atoms with Crippen LogP contribution in [-0.2, 0) is 17.8 Å². The Morgan fingerprint density at radius 2 is 2.18 bits per heavy atom. The third-order valence-electron chi connectivity index (χ3n) is 4.01. The fourth-order valence-corrected chi connectivity index (χ4v) is 2.87. The Morgan fingerprint density at radius 3 is 2.86 bits per heavy atom. The number of hydrogen-bond donors (Lipinski definition) is 0. The minimum Gasteiger partial charge on any atom is -0.338 e. The van der Waals surface area contributed by atoms with Crippen molar-refractivity contribution < 1.29 is 4.79 Å². The summed E-state index contributed by atoms with van der Waals surface area (Å²) in [7, 11) is 0. The molecule has 1 aromatic heterocycles. The molecule has 1 aromatic carbocycles. The summed E-state index contributed by atoms with van der Waals surface area (Å²) in [4.78, 5) is 14.5. The van der Waals surface area contributed by atoms with Gasteiger partial charge in [0.2, 0.25) is 5.91 Å². The molecule has 0 saturated carbocycles. The van der Waals surface area contributed by atoms with Crippen molar-refractivity contribution in [3.05, 3.63) is 47.8 Å². The first-order valence-corrected chi connectivity index (χ1v) is 7.39. The van der Waals surface area contributed by atoms with Gasteiger partial charge >= 0.3 is 0 Å². The maximum Gasteiger partial charge on any atom is 0.227 e. The predicted octanol–water partition coefficient (Wildman–Crippen LogP) is 1.38. The molecule has 1 atom stereocenters. The van der Waals surface area contributed by atoms with Crippen molar-refractivity contribution >= 4 is 5.91 Å². The molecule has 2 heterocycles. The van der Waals surface area contributed by atoms with Crippen LogP contribution in [0.25, 0.3) is 0 Å². The second-order valence-electron chi connectivity index (χ2n) is 5.49. The van der Waals surface area contributed by atoms with Gasteiger partial charge in [-0.2, -0.15) is 5.26 Å². The molecule has 0 radical (unpaired) electrons. The summed E-state index contributed by atoms with van der Waals surface area (Å²) in [5, 5.41) is 16.6. The summed E-state index contributed by atoms with van der Waals surface area (Å²) < 4.78 is 1.78. The van der Waals surface area contributed by atoms with E-state index in [2.05, 4.69) is 16.4 Å². The molecule has 0 aliphatic carbocycles. The van der Waals surface area contributed by atoms with E-state index < -0.39 is 0 Å². The lowest BCUT2D eigenvalue weighted by Crippen LogP contribution is -2.39. The summed E-state index contributed by atoms with van der Waals surface area (Å²) in [6.45, 7) is 1.49. The molecule has 112 valence electrons. The number of aromatic nitrogens is 3. The molecule has 1 amide bonds. The Bertz CT molecular complexity index is 672. The highest BCUT2D eigenvalue weighted by molar-refractivity contribution is 5.79. The lowest BCUT2D eigenvalue weighted by Gasteiger charge is -2.24. The lowest BCUT2D eigenvalue weighted by atomic mass is 10.1. The minimum absolute atomic E-state index is 0.132. The van der Waals surface area contributed by atoms with Crippen LogP contribution in [0.1, 0.15) is 24.0 Å². The molecule has 3 rings (SSSR count). The Balaban J connectivity index is 1.64. The van der Waals surface area contributed by atoms with E-state index in [1.807, 2.05) is 23.2 Å². The van der Waals surface area contributed by atoms with Crippen molar-refractivity contribution in [2.24, 2.45) is 0 Å². The Morgan fingerprint density at radius 1 is 1.36 bits per heavy atom. The normalized spacial score (nSPS) is 17.4. The fraction of sp³-hybridized carbons (Fsp3) is 0.375. The zero-order valence-corrected chi connectivity index (χ0v) is 12.2. The van der Waals surface area contributed by atoms with E-state index in [-0.39, 0.29) is 11.9 Å². The van der Waals surface area contributed by atoms with E-state index >= 15 is 0 Å². The van der Waals surface area contributed by atoms with Gasteiger partial charge in [0.05, 0.1) is 36.8 Å². The van der Waals surface area contributed by atoms with Gasteiger partial charge in [0, 0.05) is 12.7 Å². The number of hydrogen-bond acceptors (Lipinski definition) is 4. The average Bonchev–Trinajstić information content (AvgIpc) is 3.20. The summed E-state index contributed by atoms with van der Waals surface area (Å²) in [5.74, 6) is 0.132. The summed E-state index contributed by atoms with van der Waals surface area (Å²) in [6.07, 6.45) is 5.87. The van der Waals surface area contributed by atoms with Crippen LogP contribution in [0.4, 0.5) is 0 Å². The van der Waals surface area contributed by atoms with Gasteiger partial charge in [0.25, 0.3) is 0 Å². The van der Waals surface area contributed by atoms with Crippen molar-refractivity contribution in [2.45, 2.75) is 31.8 Å². The average molecular weight is 295 g/mol. The highest BCUT2D eigenvalue weighted by Gasteiger charge is 2.28. The summed E-state index contributed by atoms with van der Waals surface area (Å²) >= 11 is 0. The lowest BCUT2D eigenvalue weighted by molar-refractivity contribution is -0.131. The first kappa shape index (κ1) is 14.3. The largest absolute Gasteiger partial charge is 0.338 e. The minimum atomic E-state index is 0.132. The van der Waals surface area contributed by atoms with E-state index in [0.29, 0.717) is 18.5 Å². The van der Waals surface area contributed by atoms with Gasteiger partial charge in [-0.1, -0.05) is 17.3 Å². The molecule has 22 heavy (non-hydrogen) atoms. The smallest absolute Gasteiger partial charge is 0.227 e. The van der Waals surface area contributed by atoms with Crippen molar-refractivity contribution in [1.29, 1.82) is 5.26 Å². The monoisotopic (exact) mass is 295 g/mol. The van der Waals surface area contributed by atoms with Crippen molar-refractivity contribution in [3.63, 3.8) is 0 Å².